The van der Waals surface area contributed by atoms with E-state index in [0.29, 0.717) is 6.42 Å². The molecule has 7 nitrogen and oxygen atoms in total. The average Bonchev–Trinajstić information content (AvgIpc) is 2.99. The molecule has 0 bridgehead atoms. The van der Waals surface area contributed by atoms with Crippen molar-refractivity contribution >= 4 is 41.9 Å². The topological polar surface area (TPSA) is 90.5 Å². The molecule has 34 heavy (non-hydrogen) atoms. The summed E-state index contributed by atoms with van der Waals surface area (Å²) in [7, 11) is 1.72. The number of hydrogen-bond donors (Lipinski definition) is 3. The Bertz CT molecular complexity index is 927. The molecule has 188 valence electrons. The van der Waals surface area contributed by atoms with Gasteiger partial charge in [-0.05, 0) is 68.4 Å². The Balaban J connectivity index is 0.00000324. The molecular formula is C25H37ClN4O3S. The van der Waals surface area contributed by atoms with E-state index in [9.17, 15) is 14.4 Å². The second-order valence-electron chi connectivity index (χ2n) is 10.2. The van der Waals surface area contributed by atoms with Crippen LogP contribution in [0.3, 0.4) is 0 Å². The first-order chi connectivity index (χ1) is 15.7. The molecule has 3 N–H and O–H groups in total. The van der Waals surface area contributed by atoms with Crippen molar-refractivity contribution in [3.05, 3.63) is 35.4 Å². The Morgan fingerprint density at radius 2 is 1.88 bits per heavy atom. The standard InChI is InChI=1S/C25H36N4O3S.ClH/c1-15(26-4)22(30)28-19-12-13-33-20-14-25(2,3)21(29(20)24(19)32)23(31)27-18-11-7-9-16-8-5-6-10-17(16)18;/h5-6,8,10,15,18-21,26H,7,9,11-14H2,1-4H3,(H,27,31)(H,28,30);1H/t15-,18+,19-,20-,21?;/m0./s1. The first-order valence-electron chi connectivity index (χ1n) is 12.0. The number of carbonyl (C=O) groups excluding carboxylic acids is 3. The molecule has 3 amide bonds. The smallest absolute Gasteiger partial charge is 0.246 e. The van der Waals surface area contributed by atoms with Gasteiger partial charge in [0, 0.05) is 0 Å². The van der Waals surface area contributed by atoms with Gasteiger partial charge in [0.15, 0.2) is 0 Å². The molecule has 2 saturated heterocycles. The molecule has 1 aromatic carbocycles. The van der Waals surface area contributed by atoms with Crippen molar-refractivity contribution in [1.82, 2.24) is 20.9 Å². The highest BCUT2D eigenvalue weighted by molar-refractivity contribution is 7.99. The van der Waals surface area contributed by atoms with Crippen molar-refractivity contribution < 1.29 is 14.4 Å². The maximum Gasteiger partial charge on any atom is 0.246 e. The van der Waals surface area contributed by atoms with Crippen molar-refractivity contribution in [2.75, 3.05) is 12.8 Å². The van der Waals surface area contributed by atoms with E-state index < -0.39 is 12.1 Å². The SMILES string of the molecule is CN[C@@H](C)C(=O)N[C@H]1CCS[C@H]2CC(C)(C)C(C(=O)N[C@@H]3CCCc4ccccc43)N2C1=O.Cl. The molecule has 0 aromatic heterocycles. The number of thioether (sulfide) groups is 1. The Labute approximate surface area is 213 Å². The van der Waals surface area contributed by atoms with Crippen LogP contribution < -0.4 is 16.0 Å². The van der Waals surface area contributed by atoms with Gasteiger partial charge in [-0.15, -0.1) is 24.2 Å². The molecule has 2 heterocycles. The van der Waals surface area contributed by atoms with E-state index in [-0.39, 0.29) is 53.0 Å². The van der Waals surface area contributed by atoms with E-state index in [1.807, 2.05) is 12.1 Å². The molecule has 1 aromatic rings. The lowest BCUT2D eigenvalue weighted by Gasteiger charge is -2.36. The number of fused-ring (bicyclic) bond motifs is 2. The first kappa shape index (κ1) is 26.8. The maximum absolute atomic E-state index is 13.7. The van der Waals surface area contributed by atoms with Crippen molar-refractivity contribution in [3.63, 3.8) is 0 Å². The van der Waals surface area contributed by atoms with Gasteiger partial charge in [0.2, 0.25) is 17.7 Å². The van der Waals surface area contributed by atoms with Gasteiger partial charge in [0.05, 0.1) is 17.5 Å². The van der Waals surface area contributed by atoms with Crippen LogP contribution in [0, 0.1) is 5.41 Å². The maximum atomic E-state index is 13.7. The van der Waals surface area contributed by atoms with Gasteiger partial charge < -0.3 is 20.9 Å². The average molecular weight is 509 g/mol. The Morgan fingerprint density at radius 1 is 1.15 bits per heavy atom. The third-order valence-electron chi connectivity index (χ3n) is 7.38. The summed E-state index contributed by atoms with van der Waals surface area (Å²) in [5.74, 6) is 0.342. The van der Waals surface area contributed by atoms with Crippen LogP contribution in [0.1, 0.15) is 63.6 Å². The number of nitrogens with one attached hydrogen (secondary N) is 3. The third-order valence-corrected chi connectivity index (χ3v) is 8.63. The number of hydrogen-bond acceptors (Lipinski definition) is 5. The molecule has 4 rings (SSSR count). The Kier molecular flexibility index (Phi) is 8.58. The highest BCUT2D eigenvalue weighted by Crippen LogP contribution is 2.46. The molecular weight excluding hydrogens is 472 g/mol. The number of benzene rings is 1. The van der Waals surface area contributed by atoms with Gasteiger partial charge >= 0.3 is 0 Å². The highest BCUT2D eigenvalue weighted by Gasteiger charge is 2.54. The van der Waals surface area contributed by atoms with Gasteiger partial charge in [-0.1, -0.05) is 38.1 Å². The quantitative estimate of drug-likeness (QED) is 0.569. The van der Waals surface area contributed by atoms with Crippen molar-refractivity contribution in [1.29, 1.82) is 0 Å². The van der Waals surface area contributed by atoms with E-state index in [0.717, 1.165) is 31.4 Å². The monoisotopic (exact) mass is 508 g/mol. The van der Waals surface area contributed by atoms with Crippen molar-refractivity contribution in [2.45, 2.75) is 82.4 Å². The molecule has 0 spiro atoms. The summed E-state index contributed by atoms with van der Waals surface area (Å²) in [6.45, 7) is 5.92. The second kappa shape index (κ2) is 10.9. The number of nitrogens with zero attached hydrogens (tertiary/aromatic N) is 1. The largest absolute Gasteiger partial charge is 0.347 e. The van der Waals surface area contributed by atoms with Crippen LogP contribution in [0.25, 0.3) is 0 Å². The highest BCUT2D eigenvalue weighted by atomic mass is 35.5. The Morgan fingerprint density at radius 3 is 2.62 bits per heavy atom. The zero-order chi connectivity index (χ0) is 23.8. The van der Waals surface area contributed by atoms with Gasteiger partial charge in [-0.2, -0.15) is 0 Å². The molecule has 0 saturated carbocycles. The fraction of sp³-hybridized carbons (Fsp3) is 0.640. The summed E-state index contributed by atoms with van der Waals surface area (Å²) in [6.07, 6.45) is 4.31. The summed E-state index contributed by atoms with van der Waals surface area (Å²) >= 11 is 1.72. The summed E-state index contributed by atoms with van der Waals surface area (Å²) in [5.41, 5.74) is 2.13. The minimum Gasteiger partial charge on any atom is -0.347 e. The molecule has 9 heteroatoms. The number of carbonyl (C=O) groups is 3. The minimum absolute atomic E-state index is 0. The predicted molar refractivity (Wildman–Crippen MR) is 138 cm³/mol. The lowest BCUT2D eigenvalue weighted by molar-refractivity contribution is -0.144. The van der Waals surface area contributed by atoms with Crippen LogP contribution in [0.15, 0.2) is 24.3 Å². The van der Waals surface area contributed by atoms with Crippen LogP contribution in [-0.2, 0) is 20.8 Å². The Hall–Kier alpha value is -1.77. The molecule has 1 unspecified atom stereocenters. The zero-order valence-corrected chi connectivity index (χ0v) is 22.1. The summed E-state index contributed by atoms with van der Waals surface area (Å²) in [4.78, 5) is 41.6. The van der Waals surface area contributed by atoms with E-state index in [4.69, 9.17) is 0 Å². The van der Waals surface area contributed by atoms with Crippen LogP contribution >= 0.6 is 24.2 Å². The summed E-state index contributed by atoms with van der Waals surface area (Å²) in [6, 6.07) is 6.73. The van der Waals surface area contributed by atoms with E-state index in [1.54, 1.807) is 30.6 Å². The predicted octanol–water partition coefficient (Wildman–Crippen LogP) is 2.78. The van der Waals surface area contributed by atoms with E-state index in [1.165, 1.54) is 11.1 Å². The van der Waals surface area contributed by atoms with Crippen LogP contribution in [0.5, 0.6) is 0 Å². The fourth-order valence-corrected chi connectivity index (χ4v) is 7.01. The molecule has 3 aliphatic rings. The van der Waals surface area contributed by atoms with Crippen LogP contribution in [-0.4, -0.2) is 58.9 Å². The first-order valence-corrected chi connectivity index (χ1v) is 13.1. The fourth-order valence-electron chi connectivity index (χ4n) is 5.43. The molecule has 2 fully saturated rings. The number of rotatable bonds is 5. The van der Waals surface area contributed by atoms with Gasteiger partial charge in [0.1, 0.15) is 12.1 Å². The van der Waals surface area contributed by atoms with E-state index in [2.05, 4.69) is 41.9 Å². The minimum atomic E-state index is -0.606. The summed E-state index contributed by atoms with van der Waals surface area (Å²) < 4.78 is 0. The molecule has 5 atom stereocenters. The lowest BCUT2D eigenvalue weighted by Crippen LogP contribution is -2.58. The number of halogens is 1. The van der Waals surface area contributed by atoms with Gasteiger partial charge in [-0.3, -0.25) is 14.4 Å². The number of aryl methyl sites for hydroxylation is 1. The van der Waals surface area contributed by atoms with E-state index >= 15 is 0 Å². The number of amides is 3. The molecule has 2 aliphatic heterocycles. The van der Waals surface area contributed by atoms with Crippen LogP contribution in [0.4, 0.5) is 0 Å². The third kappa shape index (κ3) is 5.24. The van der Waals surface area contributed by atoms with Gasteiger partial charge in [-0.25, -0.2) is 0 Å². The molecule has 0 radical (unpaired) electrons. The normalized spacial score (nSPS) is 28.6. The van der Waals surface area contributed by atoms with Crippen molar-refractivity contribution in [3.8, 4) is 0 Å². The zero-order valence-electron chi connectivity index (χ0n) is 20.4. The lowest BCUT2D eigenvalue weighted by atomic mass is 9.83. The van der Waals surface area contributed by atoms with Crippen LogP contribution in [0.2, 0.25) is 0 Å². The summed E-state index contributed by atoms with van der Waals surface area (Å²) in [5, 5.41) is 9.07. The van der Waals surface area contributed by atoms with Crippen molar-refractivity contribution in [2.24, 2.45) is 5.41 Å². The van der Waals surface area contributed by atoms with Gasteiger partial charge in [0.25, 0.3) is 0 Å². The molecule has 1 aliphatic carbocycles. The second-order valence-corrected chi connectivity index (χ2v) is 11.5. The number of likely N-dealkylation sites (N-methyl/N-ethyl adjacent to an activating group) is 1.